The summed E-state index contributed by atoms with van der Waals surface area (Å²) < 4.78 is 29.6. The minimum Gasteiger partial charge on any atom is -0.495 e. The van der Waals surface area contributed by atoms with Gasteiger partial charge in [0.2, 0.25) is 0 Å². The Kier molecular flexibility index (Phi) is 9.02. The van der Waals surface area contributed by atoms with Crippen LogP contribution in [0.4, 0.5) is 10.1 Å². The number of amides is 2. The molecule has 0 heterocycles. The number of hydrogen-bond acceptors (Lipinski definition) is 6. The number of carbonyl (C=O) groups excluding carboxylic acids is 2. The zero-order valence-corrected chi connectivity index (χ0v) is 19.8. The topological polar surface area (TPSA) is 98.2 Å². The number of ether oxygens (including phenoxy) is 3. The van der Waals surface area contributed by atoms with E-state index in [1.54, 1.807) is 42.5 Å². The van der Waals surface area contributed by atoms with E-state index in [1.807, 2.05) is 6.92 Å². The Morgan fingerprint density at radius 2 is 1.71 bits per heavy atom. The number of anilines is 1. The van der Waals surface area contributed by atoms with Gasteiger partial charge in [-0.1, -0.05) is 23.7 Å². The van der Waals surface area contributed by atoms with Crippen molar-refractivity contribution in [2.45, 2.75) is 13.5 Å². The third-order valence-corrected chi connectivity index (χ3v) is 4.81. The lowest BCUT2D eigenvalue weighted by atomic mass is 10.2. The molecule has 182 valence electrons. The molecular weight excluding hydrogens is 477 g/mol. The first kappa shape index (κ1) is 25.5. The lowest BCUT2D eigenvalue weighted by molar-refractivity contribution is -0.136. The minimum absolute atomic E-state index is 0.233. The number of nitrogens with one attached hydrogen (secondary N) is 2. The third-order valence-electron chi connectivity index (χ3n) is 4.57. The highest BCUT2D eigenvalue weighted by Crippen LogP contribution is 2.29. The Bertz CT molecular complexity index is 1220. The molecule has 10 heteroatoms. The monoisotopic (exact) mass is 499 g/mol. The normalized spacial score (nSPS) is 10.6. The maximum atomic E-state index is 13.1. The molecule has 2 N–H and O–H groups in total. The van der Waals surface area contributed by atoms with E-state index in [1.165, 1.54) is 31.5 Å². The third kappa shape index (κ3) is 7.44. The van der Waals surface area contributed by atoms with Gasteiger partial charge in [0, 0.05) is 5.02 Å². The smallest absolute Gasteiger partial charge is 0.329 e. The van der Waals surface area contributed by atoms with Crippen LogP contribution in [0.25, 0.3) is 0 Å². The first-order valence-electron chi connectivity index (χ1n) is 10.5. The second-order valence-corrected chi connectivity index (χ2v) is 7.49. The highest BCUT2D eigenvalue weighted by atomic mass is 35.5. The predicted molar refractivity (Wildman–Crippen MR) is 131 cm³/mol. The Morgan fingerprint density at radius 3 is 2.43 bits per heavy atom. The van der Waals surface area contributed by atoms with Gasteiger partial charge in [-0.15, -0.1) is 0 Å². The molecule has 0 aliphatic heterocycles. The summed E-state index contributed by atoms with van der Waals surface area (Å²) >= 11 is 5.93. The maximum absolute atomic E-state index is 13.1. The van der Waals surface area contributed by atoms with Crippen LogP contribution < -0.4 is 25.0 Å². The molecule has 0 saturated heterocycles. The van der Waals surface area contributed by atoms with E-state index in [9.17, 15) is 14.0 Å². The summed E-state index contributed by atoms with van der Waals surface area (Å²) in [6, 6.07) is 15.7. The Morgan fingerprint density at radius 1 is 0.971 bits per heavy atom. The number of carbonyl (C=O) groups is 2. The Hall–Kier alpha value is -4.11. The number of hydrazone groups is 1. The quantitative estimate of drug-likeness (QED) is 0.255. The van der Waals surface area contributed by atoms with Crippen LogP contribution in [0, 0.1) is 5.82 Å². The van der Waals surface area contributed by atoms with Crippen molar-refractivity contribution in [3.63, 3.8) is 0 Å². The Labute approximate surface area is 206 Å². The van der Waals surface area contributed by atoms with Crippen molar-refractivity contribution in [3.05, 3.63) is 82.6 Å². The summed E-state index contributed by atoms with van der Waals surface area (Å²) in [5.74, 6) is -0.928. The molecule has 3 aromatic carbocycles. The van der Waals surface area contributed by atoms with Gasteiger partial charge in [-0.2, -0.15) is 5.10 Å². The second-order valence-electron chi connectivity index (χ2n) is 7.05. The van der Waals surface area contributed by atoms with E-state index in [-0.39, 0.29) is 18.1 Å². The number of methoxy groups -OCH3 is 1. The van der Waals surface area contributed by atoms with Crippen molar-refractivity contribution < 1.29 is 28.2 Å². The zero-order chi connectivity index (χ0) is 25.2. The van der Waals surface area contributed by atoms with E-state index in [2.05, 4.69) is 15.8 Å². The number of benzene rings is 3. The van der Waals surface area contributed by atoms with Crippen molar-refractivity contribution in [2.75, 3.05) is 19.0 Å². The van der Waals surface area contributed by atoms with Crippen LogP contribution in [0.1, 0.15) is 18.1 Å². The highest BCUT2D eigenvalue weighted by Gasteiger charge is 2.16. The van der Waals surface area contributed by atoms with Crippen LogP contribution in [0.3, 0.4) is 0 Å². The largest absolute Gasteiger partial charge is 0.495 e. The fourth-order valence-electron chi connectivity index (χ4n) is 2.91. The zero-order valence-electron chi connectivity index (χ0n) is 19.0. The van der Waals surface area contributed by atoms with Crippen LogP contribution in [0.2, 0.25) is 5.02 Å². The van der Waals surface area contributed by atoms with Gasteiger partial charge in [0.25, 0.3) is 0 Å². The van der Waals surface area contributed by atoms with E-state index >= 15 is 0 Å². The molecule has 3 rings (SSSR count). The molecule has 0 aromatic heterocycles. The van der Waals surface area contributed by atoms with Gasteiger partial charge in [0.1, 0.15) is 18.2 Å². The predicted octanol–water partition coefficient (Wildman–Crippen LogP) is 4.55. The molecule has 2 amide bonds. The average molecular weight is 500 g/mol. The summed E-state index contributed by atoms with van der Waals surface area (Å²) in [5, 5.41) is 6.62. The highest BCUT2D eigenvalue weighted by molar-refractivity contribution is 6.40. The molecular formula is C25H23ClFN3O5. The molecule has 8 nitrogen and oxygen atoms in total. The first-order valence-corrected chi connectivity index (χ1v) is 10.9. The molecule has 0 aliphatic rings. The molecule has 35 heavy (non-hydrogen) atoms. The number of hydrogen-bond donors (Lipinski definition) is 2. The van der Waals surface area contributed by atoms with Gasteiger partial charge in [0.15, 0.2) is 11.5 Å². The molecule has 0 spiro atoms. The number of halogens is 2. The lowest BCUT2D eigenvalue weighted by Crippen LogP contribution is -2.32. The molecule has 0 aliphatic carbocycles. The molecule has 3 aromatic rings. The summed E-state index contributed by atoms with van der Waals surface area (Å²) in [6.07, 6.45) is 1.36. The number of rotatable bonds is 9. The summed E-state index contributed by atoms with van der Waals surface area (Å²) in [6.45, 7) is 2.46. The van der Waals surface area contributed by atoms with Crippen LogP contribution in [0.15, 0.2) is 65.8 Å². The summed E-state index contributed by atoms with van der Waals surface area (Å²) in [7, 11) is 1.43. The molecule has 0 atom stereocenters. The van der Waals surface area contributed by atoms with Crippen molar-refractivity contribution >= 4 is 35.3 Å². The van der Waals surface area contributed by atoms with Crippen LogP contribution in [0.5, 0.6) is 17.2 Å². The van der Waals surface area contributed by atoms with Gasteiger partial charge in [-0.3, -0.25) is 9.59 Å². The molecule has 0 fully saturated rings. The van der Waals surface area contributed by atoms with E-state index < -0.39 is 11.8 Å². The first-order chi connectivity index (χ1) is 16.9. The molecule has 0 saturated carbocycles. The van der Waals surface area contributed by atoms with E-state index in [0.29, 0.717) is 34.4 Å². The van der Waals surface area contributed by atoms with Gasteiger partial charge in [0.05, 0.1) is 25.6 Å². The fourth-order valence-corrected chi connectivity index (χ4v) is 3.08. The summed E-state index contributed by atoms with van der Waals surface area (Å²) in [5.41, 5.74) is 3.81. The van der Waals surface area contributed by atoms with Gasteiger partial charge < -0.3 is 19.5 Å². The molecule has 0 unspecified atom stereocenters. The molecule has 0 radical (unpaired) electrons. The van der Waals surface area contributed by atoms with Gasteiger partial charge in [-0.05, 0) is 66.6 Å². The lowest BCUT2D eigenvalue weighted by Gasteiger charge is -2.12. The summed E-state index contributed by atoms with van der Waals surface area (Å²) in [4.78, 5) is 24.3. The van der Waals surface area contributed by atoms with E-state index in [0.717, 1.165) is 5.56 Å². The average Bonchev–Trinajstić information content (AvgIpc) is 2.85. The van der Waals surface area contributed by atoms with Gasteiger partial charge >= 0.3 is 11.8 Å². The van der Waals surface area contributed by atoms with Crippen molar-refractivity contribution in [3.8, 4) is 17.2 Å². The van der Waals surface area contributed by atoms with Crippen LogP contribution >= 0.6 is 11.6 Å². The SMILES string of the molecule is CCOc1cc(C=NNC(=O)C(=O)Nc2cc(Cl)ccc2OC)ccc1OCc1ccc(F)cc1. The van der Waals surface area contributed by atoms with Crippen LogP contribution in [-0.2, 0) is 16.2 Å². The number of nitrogens with zero attached hydrogens (tertiary/aromatic N) is 1. The standard InChI is InChI=1S/C25H23ClFN3O5/c1-3-34-23-12-17(6-10-22(23)35-15-16-4-8-19(27)9-5-16)14-28-30-25(32)24(31)29-20-13-18(26)7-11-21(20)33-2/h4-14H,3,15H2,1-2H3,(H,29,31)(H,30,32). The van der Waals surface area contributed by atoms with Gasteiger partial charge in [-0.25, -0.2) is 9.82 Å². The minimum atomic E-state index is -0.979. The molecule has 0 bridgehead atoms. The van der Waals surface area contributed by atoms with Crippen LogP contribution in [-0.4, -0.2) is 31.7 Å². The Balaban J connectivity index is 1.61. The second kappa shape index (κ2) is 12.4. The van der Waals surface area contributed by atoms with Crippen molar-refractivity contribution in [1.82, 2.24) is 5.43 Å². The van der Waals surface area contributed by atoms with Crippen molar-refractivity contribution in [2.24, 2.45) is 5.10 Å². The fraction of sp³-hybridized carbons (Fsp3) is 0.160. The van der Waals surface area contributed by atoms with Crippen molar-refractivity contribution in [1.29, 1.82) is 0 Å². The maximum Gasteiger partial charge on any atom is 0.329 e. The van der Waals surface area contributed by atoms with E-state index in [4.69, 9.17) is 25.8 Å².